The van der Waals surface area contributed by atoms with Crippen LogP contribution in [-0.2, 0) is 19.6 Å². The highest BCUT2D eigenvalue weighted by Gasteiger charge is 2.44. The van der Waals surface area contributed by atoms with Crippen LogP contribution in [0.4, 0.5) is 17.1 Å². The van der Waals surface area contributed by atoms with Gasteiger partial charge in [-0.05, 0) is 63.1 Å². The van der Waals surface area contributed by atoms with E-state index in [1.807, 2.05) is 37.3 Å². The van der Waals surface area contributed by atoms with E-state index in [1.165, 1.54) is 0 Å². The monoisotopic (exact) mass is 546 g/mol. The van der Waals surface area contributed by atoms with E-state index in [1.54, 1.807) is 43.0 Å². The largest absolute Gasteiger partial charge is 0.365 e. The number of piperazine rings is 1. The van der Waals surface area contributed by atoms with E-state index >= 15 is 0 Å². The molecule has 2 amide bonds. The van der Waals surface area contributed by atoms with E-state index in [0.717, 1.165) is 15.6 Å². The fraction of sp³-hybridized carbons (Fsp3) is 0.333. The third-order valence-electron chi connectivity index (χ3n) is 7.54. The van der Waals surface area contributed by atoms with Crippen molar-refractivity contribution < 1.29 is 18.0 Å². The van der Waals surface area contributed by atoms with Gasteiger partial charge in [0.2, 0.25) is 11.8 Å². The van der Waals surface area contributed by atoms with Crippen LogP contribution in [0.2, 0.25) is 0 Å². The van der Waals surface area contributed by atoms with Crippen LogP contribution in [0, 0.1) is 20.8 Å². The molecule has 0 spiro atoms. The fourth-order valence-corrected chi connectivity index (χ4v) is 7.94. The number of benzene rings is 3. The summed E-state index contributed by atoms with van der Waals surface area (Å²) in [4.78, 5) is 31.2. The van der Waals surface area contributed by atoms with Crippen molar-refractivity contribution in [3.8, 4) is 0 Å². The van der Waals surface area contributed by atoms with Gasteiger partial charge < -0.3 is 15.1 Å². The number of sulfonamides is 1. The summed E-state index contributed by atoms with van der Waals surface area (Å²) in [5.74, 6) is -0.754. The lowest BCUT2D eigenvalue weighted by Crippen LogP contribution is -2.57. The van der Waals surface area contributed by atoms with Crippen molar-refractivity contribution in [2.24, 2.45) is 0 Å². The minimum absolute atomic E-state index is 0.0729. The molecule has 0 aliphatic carbocycles. The SMILES string of the molecule is Cc1cc(C)c(S(=O)(=O)N2c3ccccc3NC(=O)C2CC(=O)N2CCN(c3ccccc3)C(C)C2)c(C)c1. The van der Waals surface area contributed by atoms with Gasteiger partial charge >= 0.3 is 0 Å². The number of anilines is 3. The Morgan fingerprint density at radius 2 is 1.59 bits per heavy atom. The van der Waals surface area contributed by atoms with Crippen molar-refractivity contribution in [2.45, 2.75) is 51.1 Å². The number of aryl methyl sites for hydroxylation is 3. The van der Waals surface area contributed by atoms with Gasteiger partial charge in [0.25, 0.3) is 10.0 Å². The summed E-state index contributed by atoms with van der Waals surface area (Å²) in [5.41, 5.74) is 4.02. The Balaban J connectivity index is 1.46. The molecule has 0 bridgehead atoms. The molecule has 0 saturated carbocycles. The standard InChI is InChI=1S/C30H34N4O4S/c1-20-16-21(2)29(22(3)17-20)39(37,38)34-26-13-9-8-12-25(26)31-30(36)27(34)18-28(35)32-14-15-33(23(4)19-32)24-10-6-5-7-11-24/h5-13,16-17,23,27H,14-15,18-19H2,1-4H3,(H,31,36). The number of hydrogen-bond acceptors (Lipinski definition) is 5. The molecule has 2 atom stereocenters. The number of carbonyl (C=O) groups excluding carboxylic acids is 2. The Morgan fingerprint density at radius 3 is 2.26 bits per heavy atom. The lowest BCUT2D eigenvalue weighted by Gasteiger charge is -2.42. The number of nitrogens with zero attached hydrogens (tertiary/aromatic N) is 3. The van der Waals surface area contributed by atoms with Gasteiger partial charge in [0.05, 0.1) is 22.7 Å². The van der Waals surface area contributed by atoms with E-state index in [-0.39, 0.29) is 23.3 Å². The molecule has 1 saturated heterocycles. The van der Waals surface area contributed by atoms with Crippen molar-refractivity contribution >= 4 is 38.9 Å². The molecule has 204 valence electrons. The Morgan fingerprint density at radius 1 is 0.949 bits per heavy atom. The van der Waals surface area contributed by atoms with E-state index in [4.69, 9.17) is 0 Å². The Bertz CT molecular complexity index is 1500. The zero-order chi connectivity index (χ0) is 27.9. The summed E-state index contributed by atoms with van der Waals surface area (Å²) in [6.07, 6.45) is -0.249. The number of nitrogens with one attached hydrogen (secondary N) is 1. The minimum Gasteiger partial charge on any atom is -0.365 e. The summed E-state index contributed by atoms with van der Waals surface area (Å²) in [5, 5.41) is 2.82. The highest BCUT2D eigenvalue weighted by atomic mass is 32.2. The molecule has 2 unspecified atom stereocenters. The third-order valence-corrected chi connectivity index (χ3v) is 9.67. The second-order valence-corrected chi connectivity index (χ2v) is 12.2. The molecule has 1 N–H and O–H groups in total. The van der Waals surface area contributed by atoms with Crippen LogP contribution >= 0.6 is 0 Å². The average Bonchev–Trinajstić information content (AvgIpc) is 2.88. The van der Waals surface area contributed by atoms with E-state index < -0.39 is 22.0 Å². The average molecular weight is 547 g/mol. The van der Waals surface area contributed by atoms with E-state index in [0.29, 0.717) is 42.1 Å². The van der Waals surface area contributed by atoms with Gasteiger partial charge in [0.15, 0.2) is 0 Å². The van der Waals surface area contributed by atoms with Gasteiger partial charge in [-0.25, -0.2) is 8.42 Å². The Hall–Kier alpha value is -3.85. The zero-order valence-corrected chi connectivity index (χ0v) is 23.5. The van der Waals surface area contributed by atoms with Crippen molar-refractivity contribution in [3.63, 3.8) is 0 Å². The molecule has 3 aromatic rings. The number of hydrogen-bond donors (Lipinski definition) is 1. The van der Waals surface area contributed by atoms with Gasteiger partial charge in [-0.15, -0.1) is 0 Å². The number of amides is 2. The number of rotatable bonds is 5. The summed E-state index contributed by atoms with van der Waals surface area (Å²) >= 11 is 0. The lowest BCUT2D eigenvalue weighted by atomic mass is 10.1. The van der Waals surface area contributed by atoms with Crippen LogP contribution in [0.1, 0.15) is 30.0 Å². The van der Waals surface area contributed by atoms with Gasteiger partial charge in [-0.1, -0.05) is 48.0 Å². The maximum Gasteiger partial charge on any atom is 0.265 e. The van der Waals surface area contributed by atoms with Crippen LogP contribution in [0.3, 0.4) is 0 Å². The molecule has 2 heterocycles. The van der Waals surface area contributed by atoms with E-state index in [9.17, 15) is 18.0 Å². The molecular formula is C30H34N4O4S. The summed E-state index contributed by atoms with van der Waals surface area (Å²) < 4.78 is 29.7. The van der Waals surface area contributed by atoms with Gasteiger partial charge in [0, 0.05) is 31.4 Å². The summed E-state index contributed by atoms with van der Waals surface area (Å²) in [6.45, 7) is 9.14. The summed E-state index contributed by atoms with van der Waals surface area (Å²) in [6, 6.07) is 19.4. The normalized spacial score (nSPS) is 19.5. The fourth-order valence-electron chi connectivity index (χ4n) is 5.89. The van der Waals surface area contributed by atoms with Gasteiger partial charge in [-0.2, -0.15) is 0 Å². The first-order valence-corrected chi connectivity index (χ1v) is 14.6. The molecule has 0 aromatic heterocycles. The van der Waals surface area contributed by atoms with Crippen LogP contribution < -0.4 is 14.5 Å². The van der Waals surface area contributed by atoms with Crippen molar-refractivity contribution in [3.05, 3.63) is 83.4 Å². The first-order chi connectivity index (χ1) is 18.6. The topological polar surface area (TPSA) is 90.0 Å². The number of fused-ring (bicyclic) bond motifs is 1. The first kappa shape index (κ1) is 26.7. The quantitative estimate of drug-likeness (QED) is 0.517. The first-order valence-electron chi connectivity index (χ1n) is 13.2. The van der Waals surface area contributed by atoms with E-state index in [2.05, 4.69) is 29.3 Å². The minimum atomic E-state index is -4.17. The maximum absolute atomic E-state index is 14.3. The molecule has 9 heteroatoms. The predicted octanol–water partition coefficient (Wildman–Crippen LogP) is 4.26. The van der Waals surface area contributed by atoms with Crippen LogP contribution in [0.15, 0.2) is 71.6 Å². The number of carbonyl (C=O) groups is 2. The Labute approximate surface area is 230 Å². The molecule has 8 nitrogen and oxygen atoms in total. The smallest absolute Gasteiger partial charge is 0.265 e. The second kappa shape index (κ2) is 10.4. The van der Waals surface area contributed by atoms with Crippen LogP contribution in [0.25, 0.3) is 0 Å². The predicted molar refractivity (Wildman–Crippen MR) is 154 cm³/mol. The van der Waals surface area contributed by atoms with Crippen molar-refractivity contribution in [1.29, 1.82) is 0 Å². The summed E-state index contributed by atoms with van der Waals surface area (Å²) in [7, 11) is -4.17. The molecule has 3 aromatic carbocycles. The molecule has 0 radical (unpaired) electrons. The Kier molecular flexibility index (Phi) is 7.11. The lowest BCUT2D eigenvalue weighted by molar-refractivity contribution is -0.134. The zero-order valence-electron chi connectivity index (χ0n) is 22.7. The molecule has 5 rings (SSSR count). The third kappa shape index (κ3) is 4.98. The molecule has 2 aliphatic heterocycles. The molecule has 1 fully saturated rings. The molecule has 39 heavy (non-hydrogen) atoms. The molecule has 2 aliphatic rings. The van der Waals surface area contributed by atoms with Crippen LogP contribution in [-0.4, -0.2) is 56.9 Å². The van der Waals surface area contributed by atoms with Gasteiger partial charge in [-0.3, -0.25) is 13.9 Å². The van der Waals surface area contributed by atoms with Crippen molar-refractivity contribution in [2.75, 3.05) is 34.2 Å². The van der Waals surface area contributed by atoms with Crippen LogP contribution in [0.5, 0.6) is 0 Å². The maximum atomic E-state index is 14.3. The second-order valence-electron chi connectivity index (χ2n) is 10.5. The number of para-hydroxylation sites is 3. The highest BCUT2D eigenvalue weighted by Crippen LogP contribution is 2.39. The molecular weight excluding hydrogens is 512 g/mol. The van der Waals surface area contributed by atoms with Crippen molar-refractivity contribution in [1.82, 2.24) is 4.90 Å². The van der Waals surface area contributed by atoms with Gasteiger partial charge in [0.1, 0.15) is 6.04 Å². The highest BCUT2D eigenvalue weighted by molar-refractivity contribution is 7.93.